The van der Waals surface area contributed by atoms with E-state index in [1.54, 1.807) is 11.3 Å². The number of hydrogen-bond donors (Lipinski definition) is 0. The molecule has 0 aliphatic carbocycles. The summed E-state index contributed by atoms with van der Waals surface area (Å²) < 4.78 is 0. The fourth-order valence-electron chi connectivity index (χ4n) is 3.28. The van der Waals surface area contributed by atoms with Crippen molar-refractivity contribution in [3.05, 3.63) is 57.8 Å². The lowest BCUT2D eigenvalue weighted by molar-refractivity contribution is -0.131. The number of benzene rings is 1. The average Bonchev–Trinajstić information content (AvgIpc) is 3.08. The third-order valence-electron chi connectivity index (χ3n) is 4.86. The molecule has 0 spiro atoms. The summed E-state index contributed by atoms with van der Waals surface area (Å²) in [4.78, 5) is 14.4. The lowest BCUT2D eigenvalue weighted by Gasteiger charge is -2.32. The third kappa shape index (κ3) is 4.68. The van der Waals surface area contributed by atoms with Gasteiger partial charge in [0, 0.05) is 13.1 Å². The van der Waals surface area contributed by atoms with E-state index in [9.17, 15) is 4.79 Å². The van der Waals surface area contributed by atoms with Gasteiger partial charge in [0.15, 0.2) is 0 Å². The molecule has 1 aliphatic heterocycles. The Labute approximate surface area is 143 Å². The Morgan fingerprint density at radius 2 is 1.87 bits per heavy atom. The molecule has 0 N–H and O–H groups in total. The molecule has 0 saturated carbocycles. The Balaban J connectivity index is 1.41. The van der Waals surface area contributed by atoms with Gasteiger partial charge in [-0.25, -0.2) is 0 Å². The number of aryl methyl sites for hydroxylation is 2. The highest BCUT2D eigenvalue weighted by Gasteiger charge is 2.22. The summed E-state index contributed by atoms with van der Waals surface area (Å²) in [5, 5.41) is 4.12. The van der Waals surface area contributed by atoms with Crippen LogP contribution in [0.4, 0.5) is 0 Å². The van der Waals surface area contributed by atoms with Crippen LogP contribution in [0.3, 0.4) is 0 Å². The zero-order valence-corrected chi connectivity index (χ0v) is 14.6. The van der Waals surface area contributed by atoms with Gasteiger partial charge in [-0.2, -0.15) is 11.3 Å². The van der Waals surface area contributed by atoms with Crippen LogP contribution in [0.25, 0.3) is 0 Å². The van der Waals surface area contributed by atoms with Gasteiger partial charge in [-0.1, -0.05) is 29.8 Å². The maximum Gasteiger partial charge on any atom is 0.227 e. The highest BCUT2D eigenvalue weighted by molar-refractivity contribution is 7.07. The number of carbonyl (C=O) groups excluding carboxylic acids is 1. The van der Waals surface area contributed by atoms with Crippen LogP contribution in [0.2, 0.25) is 0 Å². The van der Waals surface area contributed by atoms with E-state index >= 15 is 0 Å². The normalized spacial score (nSPS) is 15.8. The first-order chi connectivity index (χ1) is 11.2. The molecule has 0 radical (unpaired) electrons. The summed E-state index contributed by atoms with van der Waals surface area (Å²) in [5.74, 6) is 1.06. The maximum atomic E-state index is 12.3. The first kappa shape index (κ1) is 16.3. The second-order valence-corrected chi connectivity index (χ2v) is 7.44. The van der Waals surface area contributed by atoms with Crippen molar-refractivity contribution in [1.29, 1.82) is 0 Å². The number of carbonyl (C=O) groups is 1. The number of piperidine rings is 1. The van der Waals surface area contributed by atoms with E-state index in [-0.39, 0.29) is 0 Å². The van der Waals surface area contributed by atoms with E-state index in [1.165, 1.54) is 17.5 Å². The highest BCUT2D eigenvalue weighted by atomic mass is 32.1. The number of rotatable bonds is 5. The SMILES string of the molecule is Cc1ccc(CCC2CCN(C(=O)Cc3ccsc3)CC2)cc1. The standard InChI is InChI=1S/C20H25NOS/c1-16-2-4-17(5-3-16)6-7-18-8-11-21(12-9-18)20(22)14-19-10-13-23-15-19/h2-5,10,13,15,18H,6-9,11-12,14H2,1H3. The first-order valence-electron chi connectivity index (χ1n) is 8.55. The lowest BCUT2D eigenvalue weighted by Crippen LogP contribution is -2.39. The van der Waals surface area contributed by atoms with E-state index in [2.05, 4.69) is 47.5 Å². The van der Waals surface area contributed by atoms with Crippen LogP contribution in [-0.4, -0.2) is 23.9 Å². The van der Waals surface area contributed by atoms with Crippen LogP contribution < -0.4 is 0 Å². The molecule has 1 aromatic carbocycles. The monoisotopic (exact) mass is 327 g/mol. The Hall–Kier alpha value is -1.61. The molecular formula is C20H25NOS. The maximum absolute atomic E-state index is 12.3. The topological polar surface area (TPSA) is 20.3 Å². The van der Waals surface area contributed by atoms with Gasteiger partial charge >= 0.3 is 0 Å². The molecule has 1 amide bonds. The van der Waals surface area contributed by atoms with Gasteiger partial charge in [0.05, 0.1) is 6.42 Å². The highest BCUT2D eigenvalue weighted by Crippen LogP contribution is 2.23. The summed E-state index contributed by atoms with van der Waals surface area (Å²) in [7, 11) is 0. The number of nitrogens with zero attached hydrogens (tertiary/aromatic N) is 1. The molecular weight excluding hydrogens is 302 g/mol. The molecule has 1 saturated heterocycles. The van der Waals surface area contributed by atoms with Crippen molar-refractivity contribution >= 4 is 17.2 Å². The van der Waals surface area contributed by atoms with Crippen LogP contribution in [0.15, 0.2) is 41.1 Å². The van der Waals surface area contributed by atoms with Crippen molar-refractivity contribution in [1.82, 2.24) is 4.90 Å². The summed E-state index contributed by atoms with van der Waals surface area (Å²) in [6.07, 6.45) is 5.28. The van der Waals surface area contributed by atoms with Crippen molar-refractivity contribution < 1.29 is 4.79 Å². The lowest BCUT2D eigenvalue weighted by atomic mass is 9.90. The van der Waals surface area contributed by atoms with Gasteiger partial charge in [0.2, 0.25) is 5.91 Å². The predicted octanol–water partition coefficient (Wildman–Crippen LogP) is 4.47. The Morgan fingerprint density at radius 1 is 1.13 bits per heavy atom. The van der Waals surface area contributed by atoms with Gasteiger partial charge in [-0.05, 0) is 66.5 Å². The summed E-state index contributed by atoms with van der Waals surface area (Å²) >= 11 is 1.66. The van der Waals surface area contributed by atoms with Crippen LogP contribution in [0.1, 0.15) is 36.0 Å². The second kappa shape index (κ2) is 7.78. The van der Waals surface area contributed by atoms with E-state index in [4.69, 9.17) is 0 Å². The fourth-order valence-corrected chi connectivity index (χ4v) is 3.94. The molecule has 3 rings (SSSR count). The Bertz CT molecular complexity index is 610. The molecule has 0 bridgehead atoms. The van der Waals surface area contributed by atoms with Gasteiger partial charge < -0.3 is 4.90 Å². The molecule has 1 fully saturated rings. The predicted molar refractivity (Wildman–Crippen MR) is 96.8 cm³/mol. The number of likely N-dealkylation sites (tertiary alicyclic amines) is 1. The van der Waals surface area contributed by atoms with E-state index < -0.39 is 0 Å². The molecule has 0 atom stereocenters. The van der Waals surface area contributed by atoms with Gasteiger partial charge in [0.25, 0.3) is 0 Å². The molecule has 1 aliphatic rings. The minimum absolute atomic E-state index is 0.292. The summed E-state index contributed by atoms with van der Waals surface area (Å²) in [5.41, 5.74) is 3.92. The van der Waals surface area contributed by atoms with Crippen molar-refractivity contribution in [3.63, 3.8) is 0 Å². The Kier molecular flexibility index (Phi) is 5.50. The van der Waals surface area contributed by atoms with Crippen molar-refractivity contribution in [3.8, 4) is 0 Å². The number of amides is 1. The van der Waals surface area contributed by atoms with E-state index in [1.807, 2.05) is 5.38 Å². The molecule has 1 aromatic heterocycles. The zero-order valence-electron chi connectivity index (χ0n) is 13.8. The van der Waals surface area contributed by atoms with Gasteiger partial charge in [-0.15, -0.1) is 0 Å². The van der Waals surface area contributed by atoms with Crippen molar-refractivity contribution in [2.75, 3.05) is 13.1 Å². The largest absolute Gasteiger partial charge is 0.342 e. The van der Waals surface area contributed by atoms with Crippen LogP contribution in [0, 0.1) is 12.8 Å². The van der Waals surface area contributed by atoms with E-state index in [0.29, 0.717) is 12.3 Å². The minimum Gasteiger partial charge on any atom is -0.342 e. The first-order valence-corrected chi connectivity index (χ1v) is 9.49. The number of thiophene rings is 1. The molecule has 2 heterocycles. The second-order valence-electron chi connectivity index (χ2n) is 6.66. The van der Waals surface area contributed by atoms with Crippen LogP contribution in [-0.2, 0) is 17.6 Å². The molecule has 2 nitrogen and oxygen atoms in total. The van der Waals surface area contributed by atoms with Gasteiger partial charge in [-0.3, -0.25) is 4.79 Å². The smallest absolute Gasteiger partial charge is 0.227 e. The molecule has 2 aromatic rings. The molecule has 3 heteroatoms. The van der Waals surface area contributed by atoms with Crippen molar-refractivity contribution in [2.24, 2.45) is 5.92 Å². The number of hydrogen-bond acceptors (Lipinski definition) is 2. The van der Waals surface area contributed by atoms with Crippen LogP contribution >= 0.6 is 11.3 Å². The minimum atomic E-state index is 0.292. The molecule has 122 valence electrons. The summed E-state index contributed by atoms with van der Waals surface area (Å²) in [6.45, 7) is 4.00. The summed E-state index contributed by atoms with van der Waals surface area (Å²) in [6, 6.07) is 10.9. The average molecular weight is 327 g/mol. The fraction of sp³-hybridized carbons (Fsp3) is 0.450. The van der Waals surface area contributed by atoms with Crippen molar-refractivity contribution in [2.45, 2.75) is 39.0 Å². The zero-order chi connectivity index (χ0) is 16.1. The van der Waals surface area contributed by atoms with E-state index in [0.717, 1.165) is 43.8 Å². The third-order valence-corrected chi connectivity index (χ3v) is 5.60. The van der Waals surface area contributed by atoms with Crippen LogP contribution in [0.5, 0.6) is 0 Å². The Morgan fingerprint density at radius 3 is 2.52 bits per heavy atom. The van der Waals surface area contributed by atoms with Gasteiger partial charge in [0.1, 0.15) is 0 Å². The molecule has 23 heavy (non-hydrogen) atoms. The molecule has 0 unspecified atom stereocenters. The quantitative estimate of drug-likeness (QED) is 0.793.